The van der Waals surface area contributed by atoms with Gasteiger partial charge < -0.3 is 4.90 Å². The largest absolute Gasteiger partial charge is 0.309 e. The maximum Gasteiger partial charge on any atom is 0.260 e. The third kappa shape index (κ3) is 6.17. The summed E-state index contributed by atoms with van der Waals surface area (Å²) in [6.45, 7) is 2.86. The molecule has 0 radical (unpaired) electrons. The van der Waals surface area contributed by atoms with Crippen LogP contribution >= 0.6 is 35.3 Å². The van der Waals surface area contributed by atoms with Crippen LogP contribution in [0.3, 0.4) is 0 Å². The predicted octanol–water partition coefficient (Wildman–Crippen LogP) is 4.76. The van der Waals surface area contributed by atoms with Gasteiger partial charge in [0.25, 0.3) is 5.91 Å². The predicted molar refractivity (Wildman–Crippen MR) is 131 cm³/mol. The highest BCUT2D eigenvalue weighted by atomic mass is 35.5. The van der Waals surface area contributed by atoms with E-state index in [2.05, 4.69) is 9.88 Å². The average molecular weight is 502 g/mol. The Morgan fingerprint density at radius 2 is 1.87 bits per heavy atom. The Kier molecular flexibility index (Phi) is 8.85. The Balaban J connectivity index is 0.00000341. The highest BCUT2D eigenvalue weighted by molar-refractivity contribution is 7.91. The number of thiazole rings is 1. The molecule has 2 aromatic carbocycles. The highest BCUT2D eigenvalue weighted by Crippen LogP contribution is 2.32. The summed E-state index contributed by atoms with van der Waals surface area (Å²) < 4.78 is 25.4. The molecule has 0 aliphatic rings. The Bertz CT molecular complexity index is 1160. The zero-order valence-corrected chi connectivity index (χ0v) is 20.7. The lowest BCUT2D eigenvalue weighted by molar-refractivity contribution is 0.0986. The Morgan fingerprint density at radius 3 is 2.55 bits per heavy atom. The van der Waals surface area contributed by atoms with Crippen LogP contribution in [0.4, 0.5) is 5.13 Å². The van der Waals surface area contributed by atoms with Gasteiger partial charge in [-0.15, -0.1) is 12.4 Å². The number of nitrogens with zero attached hydrogens (tertiary/aromatic N) is 3. The summed E-state index contributed by atoms with van der Waals surface area (Å²) in [6.07, 6.45) is 0.752. The van der Waals surface area contributed by atoms with Gasteiger partial charge in [0.2, 0.25) is 0 Å². The molecule has 3 rings (SSSR count). The number of rotatable bonds is 8. The smallest absolute Gasteiger partial charge is 0.260 e. The van der Waals surface area contributed by atoms with Crippen LogP contribution in [0.1, 0.15) is 23.7 Å². The molecule has 1 aromatic heterocycles. The molecule has 0 bridgehead atoms. The lowest BCUT2D eigenvalue weighted by Crippen LogP contribution is -2.33. The first-order valence-electron chi connectivity index (χ1n) is 9.57. The first-order chi connectivity index (χ1) is 14.2. The molecule has 3 aromatic rings. The number of anilines is 1. The molecule has 6 nitrogen and oxygen atoms in total. The molecule has 31 heavy (non-hydrogen) atoms. The van der Waals surface area contributed by atoms with Gasteiger partial charge in [0.15, 0.2) is 15.0 Å². The lowest BCUT2D eigenvalue weighted by atomic mass is 10.2. The lowest BCUT2D eigenvalue weighted by Gasteiger charge is -2.21. The van der Waals surface area contributed by atoms with Crippen molar-refractivity contribution in [1.82, 2.24) is 9.88 Å². The molecular formula is C21H25Cl2N3O3S2. The summed E-state index contributed by atoms with van der Waals surface area (Å²) in [7, 11) is 0.551. The number of hydrogen-bond acceptors (Lipinski definition) is 6. The van der Waals surface area contributed by atoms with Crippen LogP contribution in [0.25, 0.3) is 10.2 Å². The second kappa shape index (κ2) is 10.7. The SMILES string of the molecule is CCS(=O)(=O)c1cccc(C(=O)N(CCCN(C)C)c2nc3ccc(Cl)cc3s2)c1.Cl. The maximum atomic E-state index is 13.4. The number of benzene rings is 2. The minimum Gasteiger partial charge on any atom is -0.309 e. The van der Waals surface area contributed by atoms with Crippen molar-refractivity contribution in [2.45, 2.75) is 18.2 Å². The summed E-state index contributed by atoms with van der Waals surface area (Å²) in [4.78, 5) is 21.8. The second-order valence-electron chi connectivity index (χ2n) is 7.15. The van der Waals surface area contributed by atoms with E-state index in [9.17, 15) is 13.2 Å². The number of carbonyl (C=O) groups excluding carboxylic acids is 1. The molecular weight excluding hydrogens is 477 g/mol. The van der Waals surface area contributed by atoms with Crippen LogP contribution in [0, 0.1) is 0 Å². The van der Waals surface area contributed by atoms with Gasteiger partial charge in [-0.3, -0.25) is 9.69 Å². The van der Waals surface area contributed by atoms with Crippen LogP contribution in [0.15, 0.2) is 47.4 Å². The number of halogens is 2. The molecule has 0 N–H and O–H groups in total. The fourth-order valence-corrected chi connectivity index (χ4v) is 5.17. The van der Waals surface area contributed by atoms with Crippen molar-refractivity contribution >= 4 is 66.4 Å². The molecule has 0 saturated carbocycles. The quantitative estimate of drug-likeness (QED) is 0.444. The van der Waals surface area contributed by atoms with Gasteiger partial charge in [0.1, 0.15) is 0 Å². The van der Waals surface area contributed by atoms with Crippen LogP contribution in [0.2, 0.25) is 5.02 Å². The molecule has 168 valence electrons. The Hall–Kier alpha value is -1.71. The summed E-state index contributed by atoms with van der Waals surface area (Å²) in [5.41, 5.74) is 1.10. The van der Waals surface area contributed by atoms with Crippen molar-refractivity contribution in [2.75, 3.05) is 37.8 Å². The maximum absolute atomic E-state index is 13.4. The van der Waals surface area contributed by atoms with Gasteiger partial charge in [-0.1, -0.05) is 35.9 Å². The normalized spacial score (nSPS) is 11.5. The van der Waals surface area contributed by atoms with Crippen LogP contribution in [-0.4, -0.2) is 57.1 Å². The molecule has 0 spiro atoms. The monoisotopic (exact) mass is 501 g/mol. The first-order valence-corrected chi connectivity index (χ1v) is 12.4. The van der Waals surface area contributed by atoms with Gasteiger partial charge in [-0.25, -0.2) is 13.4 Å². The number of aromatic nitrogens is 1. The van der Waals surface area contributed by atoms with Crippen LogP contribution in [0.5, 0.6) is 0 Å². The van der Waals surface area contributed by atoms with Crippen molar-refractivity contribution in [3.8, 4) is 0 Å². The minimum atomic E-state index is -3.40. The van der Waals surface area contributed by atoms with Gasteiger partial charge in [-0.05, 0) is 63.5 Å². The van der Waals surface area contributed by atoms with Gasteiger partial charge in [0.05, 0.1) is 20.9 Å². The zero-order valence-electron chi connectivity index (χ0n) is 17.5. The van der Waals surface area contributed by atoms with E-state index in [1.807, 2.05) is 26.2 Å². The van der Waals surface area contributed by atoms with E-state index >= 15 is 0 Å². The second-order valence-corrected chi connectivity index (χ2v) is 10.9. The molecule has 0 unspecified atom stereocenters. The molecule has 0 aliphatic carbocycles. The van der Waals surface area contributed by atoms with Crippen molar-refractivity contribution in [2.24, 2.45) is 0 Å². The van der Waals surface area contributed by atoms with Gasteiger partial charge >= 0.3 is 0 Å². The molecule has 1 heterocycles. The average Bonchev–Trinajstić information content (AvgIpc) is 3.13. The summed E-state index contributed by atoms with van der Waals surface area (Å²) in [5.74, 6) is -0.289. The standard InChI is InChI=1S/C21H24ClN3O3S2.ClH/c1-4-30(27,28)17-8-5-7-15(13-17)20(26)25(12-6-11-24(2)3)21-23-18-10-9-16(22)14-19(18)29-21;/h5,7-10,13-14H,4,6,11-12H2,1-3H3;1H. The van der Waals surface area contributed by atoms with Crippen LogP contribution in [-0.2, 0) is 9.84 Å². The number of amides is 1. The van der Waals surface area contributed by atoms with Gasteiger partial charge in [-0.2, -0.15) is 0 Å². The van der Waals surface area contributed by atoms with Crippen molar-refractivity contribution in [3.05, 3.63) is 53.1 Å². The molecule has 0 aliphatic heterocycles. The van der Waals surface area contributed by atoms with Crippen molar-refractivity contribution < 1.29 is 13.2 Å². The Labute approximate surface area is 198 Å². The third-order valence-electron chi connectivity index (χ3n) is 4.62. The van der Waals surface area contributed by atoms with E-state index in [0.29, 0.717) is 22.3 Å². The fourth-order valence-electron chi connectivity index (χ4n) is 2.98. The van der Waals surface area contributed by atoms with Crippen molar-refractivity contribution in [3.63, 3.8) is 0 Å². The van der Waals surface area contributed by atoms with E-state index in [4.69, 9.17) is 11.6 Å². The molecule has 0 fully saturated rings. The third-order valence-corrected chi connectivity index (χ3v) is 7.63. The topological polar surface area (TPSA) is 70.6 Å². The van der Waals surface area contributed by atoms with E-state index in [1.165, 1.54) is 23.5 Å². The first kappa shape index (κ1) is 25.5. The fraction of sp³-hybridized carbons (Fsp3) is 0.333. The van der Waals surface area contributed by atoms with Crippen molar-refractivity contribution in [1.29, 1.82) is 0 Å². The number of carbonyl (C=O) groups is 1. The molecule has 1 amide bonds. The summed E-state index contributed by atoms with van der Waals surface area (Å²) >= 11 is 7.49. The molecule has 10 heteroatoms. The van der Waals surface area contributed by atoms with Crippen LogP contribution < -0.4 is 4.90 Å². The molecule has 0 saturated heterocycles. The molecule has 0 atom stereocenters. The van der Waals surface area contributed by atoms with Gasteiger partial charge in [0, 0.05) is 17.1 Å². The van der Waals surface area contributed by atoms with E-state index in [1.54, 1.807) is 30.0 Å². The summed E-state index contributed by atoms with van der Waals surface area (Å²) in [6, 6.07) is 11.6. The van der Waals surface area contributed by atoms with E-state index < -0.39 is 9.84 Å². The number of hydrogen-bond donors (Lipinski definition) is 0. The van der Waals surface area contributed by atoms with E-state index in [-0.39, 0.29) is 29.0 Å². The minimum absolute atomic E-state index is 0. The van der Waals surface area contributed by atoms with E-state index in [0.717, 1.165) is 23.2 Å². The Morgan fingerprint density at radius 1 is 1.13 bits per heavy atom. The zero-order chi connectivity index (χ0) is 21.9. The number of fused-ring (bicyclic) bond motifs is 1. The highest BCUT2D eigenvalue weighted by Gasteiger charge is 2.23. The summed E-state index contributed by atoms with van der Waals surface area (Å²) in [5, 5.41) is 1.18. The number of sulfone groups is 1.